The second-order valence-corrected chi connectivity index (χ2v) is 2.73. The Morgan fingerprint density at radius 1 is 1.64 bits per heavy atom. The van der Waals surface area contributed by atoms with Crippen LogP contribution in [0.3, 0.4) is 0 Å². The average Bonchev–Trinajstić information content (AvgIpc) is 1.97. The maximum Gasteiger partial charge on any atom is 0.217 e. The van der Waals surface area contributed by atoms with Crippen molar-refractivity contribution < 1.29 is 14.4 Å². The smallest absolute Gasteiger partial charge is 0.217 e. The summed E-state index contributed by atoms with van der Waals surface area (Å²) in [5.74, 6) is 0.0284. The second kappa shape index (κ2) is 5.91. The van der Waals surface area contributed by atoms with E-state index < -0.39 is 6.04 Å². The van der Waals surface area contributed by atoms with Crippen LogP contribution in [0, 0.1) is 0 Å². The standard InChI is InChI=1S/C6H9NO3S/c1-5(10)7-6(2-8)3-11-4-9/h2,4,6H,3H2,1H3,(H,7,10). The first-order valence-corrected chi connectivity index (χ1v) is 4.03. The van der Waals surface area contributed by atoms with Gasteiger partial charge in [0.15, 0.2) is 5.62 Å². The second-order valence-electron chi connectivity index (χ2n) is 1.87. The van der Waals surface area contributed by atoms with Gasteiger partial charge in [-0.1, -0.05) is 11.8 Å². The van der Waals surface area contributed by atoms with Crippen LogP contribution in [0.5, 0.6) is 0 Å². The molecule has 0 aliphatic rings. The first-order chi connectivity index (χ1) is 5.20. The molecule has 0 saturated heterocycles. The molecule has 0 rings (SSSR count). The van der Waals surface area contributed by atoms with Gasteiger partial charge in [0, 0.05) is 12.7 Å². The van der Waals surface area contributed by atoms with Gasteiger partial charge in [-0.05, 0) is 0 Å². The van der Waals surface area contributed by atoms with Crippen LogP contribution in [-0.2, 0) is 14.4 Å². The lowest BCUT2D eigenvalue weighted by Crippen LogP contribution is -2.36. The van der Waals surface area contributed by atoms with Gasteiger partial charge in [-0.25, -0.2) is 0 Å². The minimum Gasteiger partial charge on any atom is -0.346 e. The Balaban J connectivity index is 3.65. The molecule has 1 N–H and O–H groups in total. The summed E-state index contributed by atoms with van der Waals surface area (Å²) in [5, 5.41) is 2.38. The van der Waals surface area contributed by atoms with Crippen LogP contribution < -0.4 is 5.32 Å². The molecule has 0 heterocycles. The molecule has 0 aliphatic carbocycles. The summed E-state index contributed by atoms with van der Waals surface area (Å²) < 4.78 is 0. The minimum absolute atomic E-state index is 0.270. The summed E-state index contributed by atoms with van der Waals surface area (Å²) in [6, 6.07) is -0.553. The topological polar surface area (TPSA) is 63.2 Å². The predicted octanol–water partition coefficient (Wildman–Crippen LogP) is -0.387. The van der Waals surface area contributed by atoms with Crippen molar-refractivity contribution in [2.75, 3.05) is 5.75 Å². The highest BCUT2D eigenvalue weighted by atomic mass is 32.2. The average molecular weight is 175 g/mol. The van der Waals surface area contributed by atoms with Gasteiger partial charge in [-0.3, -0.25) is 9.59 Å². The van der Waals surface area contributed by atoms with E-state index in [9.17, 15) is 14.4 Å². The van der Waals surface area contributed by atoms with Crippen LogP contribution >= 0.6 is 11.8 Å². The predicted molar refractivity (Wildman–Crippen MR) is 42.9 cm³/mol. The summed E-state index contributed by atoms with van der Waals surface area (Å²) in [5.41, 5.74) is 0.637. The first-order valence-electron chi connectivity index (χ1n) is 2.98. The van der Waals surface area contributed by atoms with Crippen LogP contribution in [0.25, 0.3) is 0 Å². The molecule has 0 radical (unpaired) electrons. The number of amides is 1. The van der Waals surface area contributed by atoms with Crippen LogP contribution in [0.4, 0.5) is 0 Å². The normalized spacial score (nSPS) is 11.7. The monoisotopic (exact) mass is 175 g/mol. The SMILES string of the molecule is CC(=O)NC(C=O)CSC=O. The van der Waals surface area contributed by atoms with Gasteiger partial charge >= 0.3 is 0 Å². The molecule has 1 atom stereocenters. The first kappa shape index (κ1) is 10.2. The van der Waals surface area contributed by atoms with Crippen molar-refractivity contribution in [2.45, 2.75) is 13.0 Å². The van der Waals surface area contributed by atoms with Crippen molar-refractivity contribution >= 4 is 29.6 Å². The van der Waals surface area contributed by atoms with E-state index in [1.807, 2.05) is 0 Å². The maximum absolute atomic E-state index is 10.4. The molecule has 0 fully saturated rings. The zero-order valence-electron chi connectivity index (χ0n) is 6.07. The van der Waals surface area contributed by atoms with E-state index in [-0.39, 0.29) is 5.91 Å². The van der Waals surface area contributed by atoms with Gasteiger partial charge < -0.3 is 10.1 Å². The highest BCUT2D eigenvalue weighted by Gasteiger charge is 2.06. The molecule has 0 aromatic carbocycles. The largest absolute Gasteiger partial charge is 0.346 e. The molecule has 11 heavy (non-hydrogen) atoms. The van der Waals surface area contributed by atoms with Crippen LogP contribution in [-0.4, -0.2) is 29.6 Å². The van der Waals surface area contributed by atoms with E-state index >= 15 is 0 Å². The molecule has 0 aromatic heterocycles. The van der Waals surface area contributed by atoms with Gasteiger partial charge in [0.1, 0.15) is 6.29 Å². The fraction of sp³-hybridized carbons (Fsp3) is 0.500. The Bertz CT molecular complexity index is 160. The van der Waals surface area contributed by atoms with Crippen molar-refractivity contribution in [3.8, 4) is 0 Å². The summed E-state index contributed by atoms with van der Waals surface area (Å²) in [4.78, 5) is 30.5. The van der Waals surface area contributed by atoms with Crippen LogP contribution in [0.15, 0.2) is 0 Å². The molecule has 0 aliphatic heterocycles. The van der Waals surface area contributed by atoms with E-state index in [1.165, 1.54) is 6.92 Å². The van der Waals surface area contributed by atoms with E-state index in [0.717, 1.165) is 11.8 Å². The number of aldehydes is 1. The molecular formula is C6H9NO3S. The van der Waals surface area contributed by atoms with E-state index in [1.54, 1.807) is 0 Å². The molecule has 62 valence electrons. The molecule has 0 bridgehead atoms. The molecule has 0 spiro atoms. The van der Waals surface area contributed by atoms with Gasteiger partial charge in [0.2, 0.25) is 5.91 Å². The molecule has 5 heteroatoms. The Hall–Kier alpha value is -0.840. The fourth-order valence-corrected chi connectivity index (χ4v) is 0.967. The third-order valence-electron chi connectivity index (χ3n) is 0.897. The number of rotatable bonds is 5. The fourth-order valence-electron chi connectivity index (χ4n) is 0.519. The number of nitrogens with one attached hydrogen (secondary N) is 1. The van der Waals surface area contributed by atoms with Crippen molar-refractivity contribution in [1.82, 2.24) is 5.32 Å². The lowest BCUT2D eigenvalue weighted by Gasteiger charge is -2.07. The highest BCUT2D eigenvalue weighted by molar-refractivity contribution is 8.11. The quantitative estimate of drug-likeness (QED) is 0.578. The third-order valence-corrected chi connectivity index (χ3v) is 1.58. The van der Waals surface area contributed by atoms with E-state index in [2.05, 4.69) is 5.32 Å². The van der Waals surface area contributed by atoms with Gasteiger partial charge in [-0.2, -0.15) is 0 Å². The van der Waals surface area contributed by atoms with E-state index in [4.69, 9.17) is 0 Å². The molecule has 0 aromatic rings. The van der Waals surface area contributed by atoms with Crippen molar-refractivity contribution in [3.05, 3.63) is 0 Å². The molecule has 1 unspecified atom stereocenters. The van der Waals surface area contributed by atoms with Crippen molar-refractivity contribution in [3.63, 3.8) is 0 Å². The summed E-state index contributed by atoms with van der Waals surface area (Å²) in [6.07, 6.45) is 0.609. The lowest BCUT2D eigenvalue weighted by atomic mass is 10.4. The van der Waals surface area contributed by atoms with Gasteiger partial charge in [0.05, 0.1) is 6.04 Å². The van der Waals surface area contributed by atoms with Crippen LogP contribution in [0.2, 0.25) is 0 Å². The summed E-state index contributed by atoms with van der Waals surface area (Å²) >= 11 is 0.956. The summed E-state index contributed by atoms with van der Waals surface area (Å²) in [7, 11) is 0. The zero-order chi connectivity index (χ0) is 8.69. The molecule has 4 nitrogen and oxygen atoms in total. The Morgan fingerprint density at radius 3 is 2.64 bits per heavy atom. The van der Waals surface area contributed by atoms with Gasteiger partial charge in [0.25, 0.3) is 0 Å². The van der Waals surface area contributed by atoms with Crippen LogP contribution in [0.1, 0.15) is 6.92 Å². The lowest BCUT2D eigenvalue weighted by molar-refractivity contribution is -0.121. The summed E-state index contributed by atoms with van der Waals surface area (Å²) in [6.45, 7) is 1.32. The third kappa shape index (κ3) is 5.60. The van der Waals surface area contributed by atoms with Crippen molar-refractivity contribution in [1.29, 1.82) is 0 Å². The number of hydrogen-bond acceptors (Lipinski definition) is 4. The number of hydrogen-bond donors (Lipinski definition) is 1. The molecule has 1 amide bonds. The van der Waals surface area contributed by atoms with Gasteiger partial charge in [-0.15, -0.1) is 0 Å². The number of carbonyl (C=O) groups is 3. The zero-order valence-corrected chi connectivity index (χ0v) is 6.89. The molecular weight excluding hydrogens is 166 g/mol. The minimum atomic E-state index is -0.553. The number of thioether (sulfide) groups is 1. The Morgan fingerprint density at radius 2 is 2.27 bits per heavy atom. The van der Waals surface area contributed by atoms with Crippen molar-refractivity contribution in [2.24, 2.45) is 0 Å². The molecule has 0 saturated carbocycles. The Kier molecular flexibility index (Phi) is 5.46. The van der Waals surface area contributed by atoms with E-state index in [0.29, 0.717) is 17.7 Å². The number of carbonyl (C=O) groups excluding carboxylic acids is 3. The Labute approximate surface area is 68.7 Å². The maximum atomic E-state index is 10.4. The highest BCUT2D eigenvalue weighted by Crippen LogP contribution is 1.95.